The van der Waals surface area contributed by atoms with Gasteiger partial charge in [0.25, 0.3) is 0 Å². The number of carbonyl (C=O) groups excluding carboxylic acids is 1. The standard InChI is InChI=1S/C11H22N2O2/c1-9(2)12-6-5-11(14)13-8-10-4-3-7-15-10/h9-10,12H,3-8H2,1-2H3,(H,13,14)/t10-/m1/s1. The second kappa shape index (κ2) is 6.80. The Bertz CT molecular complexity index is 189. The molecule has 4 heteroatoms. The molecule has 1 fully saturated rings. The Morgan fingerprint density at radius 2 is 2.33 bits per heavy atom. The number of carbonyl (C=O) groups is 1. The van der Waals surface area contributed by atoms with Crippen LogP contribution >= 0.6 is 0 Å². The van der Waals surface area contributed by atoms with Crippen LogP contribution < -0.4 is 10.6 Å². The van der Waals surface area contributed by atoms with Gasteiger partial charge in [0.1, 0.15) is 0 Å². The summed E-state index contributed by atoms with van der Waals surface area (Å²) in [7, 11) is 0. The summed E-state index contributed by atoms with van der Waals surface area (Å²) in [5.74, 6) is 0.110. The third-order valence-corrected chi connectivity index (χ3v) is 2.46. The average molecular weight is 214 g/mol. The maximum absolute atomic E-state index is 11.4. The van der Waals surface area contributed by atoms with E-state index < -0.39 is 0 Å². The SMILES string of the molecule is CC(C)NCCC(=O)NC[C@H]1CCCO1. The van der Waals surface area contributed by atoms with Crippen LogP contribution in [0.2, 0.25) is 0 Å². The lowest BCUT2D eigenvalue weighted by Crippen LogP contribution is -2.34. The highest BCUT2D eigenvalue weighted by Gasteiger charge is 2.15. The number of amides is 1. The Hall–Kier alpha value is -0.610. The first-order chi connectivity index (χ1) is 7.18. The molecule has 1 aliphatic rings. The highest BCUT2D eigenvalue weighted by atomic mass is 16.5. The minimum absolute atomic E-state index is 0.110. The van der Waals surface area contributed by atoms with Gasteiger partial charge >= 0.3 is 0 Å². The van der Waals surface area contributed by atoms with Crippen molar-refractivity contribution in [1.29, 1.82) is 0 Å². The van der Waals surface area contributed by atoms with Crippen molar-refractivity contribution in [1.82, 2.24) is 10.6 Å². The molecule has 0 saturated carbocycles. The van der Waals surface area contributed by atoms with Crippen LogP contribution in [0.1, 0.15) is 33.1 Å². The van der Waals surface area contributed by atoms with Gasteiger partial charge in [-0.15, -0.1) is 0 Å². The third kappa shape index (κ3) is 5.74. The van der Waals surface area contributed by atoms with Crippen molar-refractivity contribution in [2.24, 2.45) is 0 Å². The first-order valence-electron chi connectivity index (χ1n) is 5.80. The van der Waals surface area contributed by atoms with E-state index >= 15 is 0 Å². The molecule has 0 aliphatic carbocycles. The molecule has 1 atom stereocenters. The van der Waals surface area contributed by atoms with Gasteiger partial charge in [-0.3, -0.25) is 4.79 Å². The van der Waals surface area contributed by atoms with Gasteiger partial charge in [0.05, 0.1) is 6.10 Å². The van der Waals surface area contributed by atoms with E-state index in [9.17, 15) is 4.79 Å². The van der Waals surface area contributed by atoms with E-state index in [1.54, 1.807) is 0 Å². The molecule has 88 valence electrons. The average Bonchev–Trinajstić information content (AvgIpc) is 2.66. The molecule has 0 aromatic rings. The predicted molar refractivity (Wildman–Crippen MR) is 59.7 cm³/mol. The molecule has 4 nitrogen and oxygen atoms in total. The number of ether oxygens (including phenoxy) is 1. The first-order valence-corrected chi connectivity index (χ1v) is 5.80. The lowest BCUT2D eigenvalue weighted by molar-refractivity contribution is -0.121. The largest absolute Gasteiger partial charge is 0.376 e. The van der Waals surface area contributed by atoms with Crippen LogP contribution in [0.15, 0.2) is 0 Å². The third-order valence-electron chi connectivity index (χ3n) is 2.46. The van der Waals surface area contributed by atoms with Crippen molar-refractivity contribution < 1.29 is 9.53 Å². The summed E-state index contributed by atoms with van der Waals surface area (Å²) < 4.78 is 5.42. The lowest BCUT2D eigenvalue weighted by atomic mass is 10.2. The molecule has 0 aromatic heterocycles. The van der Waals surface area contributed by atoms with Gasteiger partial charge in [-0.2, -0.15) is 0 Å². The maximum Gasteiger partial charge on any atom is 0.221 e. The van der Waals surface area contributed by atoms with E-state index in [-0.39, 0.29) is 12.0 Å². The van der Waals surface area contributed by atoms with E-state index in [4.69, 9.17) is 4.74 Å². The highest BCUT2D eigenvalue weighted by molar-refractivity contribution is 5.76. The molecule has 1 rings (SSSR count). The topological polar surface area (TPSA) is 50.4 Å². The van der Waals surface area contributed by atoms with Crippen LogP contribution in [0, 0.1) is 0 Å². The Kier molecular flexibility index (Phi) is 5.65. The summed E-state index contributed by atoms with van der Waals surface area (Å²) in [6.45, 7) is 6.40. The van der Waals surface area contributed by atoms with E-state index in [1.807, 2.05) is 0 Å². The number of rotatable bonds is 6. The fraction of sp³-hybridized carbons (Fsp3) is 0.909. The molecular formula is C11H22N2O2. The summed E-state index contributed by atoms with van der Waals surface area (Å²) in [6, 6.07) is 0.441. The summed E-state index contributed by atoms with van der Waals surface area (Å²) in [5.41, 5.74) is 0. The number of nitrogens with one attached hydrogen (secondary N) is 2. The fourth-order valence-corrected chi connectivity index (χ4v) is 1.60. The van der Waals surface area contributed by atoms with Gasteiger partial charge in [-0.05, 0) is 12.8 Å². The van der Waals surface area contributed by atoms with Gasteiger partial charge in [-0.25, -0.2) is 0 Å². The van der Waals surface area contributed by atoms with Crippen molar-refractivity contribution in [3.63, 3.8) is 0 Å². The molecule has 1 aliphatic heterocycles. The monoisotopic (exact) mass is 214 g/mol. The molecule has 0 radical (unpaired) electrons. The van der Waals surface area contributed by atoms with Crippen LogP contribution in [-0.2, 0) is 9.53 Å². The molecule has 0 unspecified atom stereocenters. The number of hydrogen-bond donors (Lipinski definition) is 2. The Morgan fingerprint density at radius 3 is 2.93 bits per heavy atom. The zero-order chi connectivity index (χ0) is 11.1. The Labute approximate surface area is 91.8 Å². The molecule has 0 bridgehead atoms. The summed E-state index contributed by atoms with van der Waals surface area (Å²) in [4.78, 5) is 11.4. The summed E-state index contributed by atoms with van der Waals surface area (Å²) in [5, 5.41) is 6.11. The highest BCUT2D eigenvalue weighted by Crippen LogP contribution is 2.10. The van der Waals surface area contributed by atoms with Crippen LogP contribution in [0.3, 0.4) is 0 Å². The van der Waals surface area contributed by atoms with E-state index in [0.29, 0.717) is 19.0 Å². The van der Waals surface area contributed by atoms with E-state index in [0.717, 1.165) is 26.0 Å². The predicted octanol–water partition coefficient (Wildman–Crippen LogP) is 0.670. The van der Waals surface area contributed by atoms with Gasteiger partial charge in [-0.1, -0.05) is 13.8 Å². The zero-order valence-corrected chi connectivity index (χ0v) is 9.71. The van der Waals surface area contributed by atoms with Crippen molar-refractivity contribution >= 4 is 5.91 Å². The van der Waals surface area contributed by atoms with Gasteiger partial charge in [0.15, 0.2) is 0 Å². The fourth-order valence-electron chi connectivity index (χ4n) is 1.60. The summed E-state index contributed by atoms with van der Waals surface area (Å²) in [6.07, 6.45) is 2.98. The molecule has 15 heavy (non-hydrogen) atoms. The summed E-state index contributed by atoms with van der Waals surface area (Å²) >= 11 is 0. The quantitative estimate of drug-likeness (QED) is 0.683. The first kappa shape index (κ1) is 12.5. The molecule has 0 spiro atoms. The molecule has 0 aromatic carbocycles. The molecule has 1 heterocycles. The smallest absolute Gasteiger partial charge is 0.221 e. The Morgan fingerprint density at radius 1 is 1.53 bits per heavy atom. The molecule has 1 amide bonds. The molecular weight excluding hydrogens is 192 g/mol. The second-order valence-corrected chi connectivity index (χ2v) is 4.30. The van der Waals surface area contributed by atoms with Crippen molar-refractivity contribution in [3.05, 3.63) is 0 Å². The minimum Gasteiger partial charge on any atom is -0.376 e. The molecule has 1 saturated heterocycles. The van der Waals surface area contributed by atoms with Crippen LogP contribution in [0.4, 0.5) is 0 Å². The Balaban J connectivity index is 1.98. The second-order valence-electron chi connectivity index (χ2n) is 4.30. The minimum atomic E-state index is 0.110. The van der Waals surface area contributed by atoms with Crippen LogP contribution in [0.25, 0.3) is 0 Å². The van der Waals surface area contributed by atoms with Gasteiger partial charge in [0, 0.05) is 32.2 Å². The van der Waals surface area contributed by atoms with Crippen LogP contribution in [0.5, 0.6) is 0 Å². The van der Waals surface area contributed by atoms with E-state index in [1.165, 1.54) is 0 Å². The molecule has 2 N–H and O–H groups in total. The van der Waals surface area contributed by atoms with E-state index in [2.05, 4.69) is 24.5 Å². The van der Waals surface area contributed by atoms with Gasteiger partial charge < -0.3 is 15.4 Å². The number of hydrogen-bond acceptors (Lipinski definition) is 3. The lowest BCUT2D eigenvalue weighted by Gasteiger charge is -2.11. The maximum atomic E-state index is 11.4. The van der Waals surface area contributed by atoms with Crippen molar-refractivity contribution in [2.45, 2.75) is 45.3 Å². The zero-order valence-electron chi connectivity index (χ0n) is 9.71. The normalized spacial score (nSPS) is 20.9. The van der Waals surface area contributed by atoms with Crippen molar-refractivity contribution in [3.8, 4) is 0 Å². The van der Waals surface area contributed by atoms with Crippen molar-refractivity contribution in [2.75, 3.05) is 19.7 Å². The van der Waals surface area contributed by atoms with Gasteiger partial charge in [0.2, 0.25) is 5.91 Å². The van der Waals surface area contributed by atoms with Crippen LogP contribution in [-0.4, -0.2) is 37.7 Å².